The SMILES string of the molecule is O=C(C1Cc2ccccc2N1C(=O)c1ccccc1)N1CCOCC1. The first-order valence-corrected chi connectivity index (χ1v) is 8.59. The number of carbonyl (C=O) groups excluding carboxylic acids is 2. The molecule has 5 heteroatoms. The minimum Gasteiger partial charge on any atom is -0.378 e. The molecule has 0 bridgehead atoms. The van der Waals surface area contributed by atoms with Gasteiger partial charge in [0, 0.05) is 30.8 Å². The summed E-state index contributed by atoms with van der Waals surface area (Å²) in [5, 5.41) is 0. The van der Waals surface area contributed by atoms with Gasteiger partial charge < -0.3 is 9.64 Å². The lowest BCUT2D eigenvalue weighted by atomic mass is 10.1. The maximum absolute atomic E-state index is 13.1. The average Bonchev–Trinajstić information content (AvgIpc) is 3.07. The number of carbonyl (C=O) groups is 2. The predicted octanol–water partition coefficient (Wildman–Crippen LogP) is 2.12. The predicted molar refractivity (Wildman–Crippen MR) is 94.6 cm³/mol. The van der Waals surface area contributed by atoms with Gasteiger partial charge in [0.15, 0.2) is 0 Å². The number of fused-ring (bicyclic) bond motifs is 1. The van der Waals surface area contributed by atoms with Gasteiger partial charge in [-0.25, -0.2) is 0 Å². The molecule has 0 aromatic heterocycles. The van der Waals surface area contributed by atoms with Gasteiger partial charge in [0.05, 0.1) is 13.2 Å². The first-order valence-electron chi connectivity index (χ1n) is 8.59. The molecule has 2 aromatic rings. The van der Waals surface area contributed by atoms with Gasteiger partial charge in [0.2, 0.25) is 5.91 Å². The highest BCUT2D eigenvalue weighted by atomic mass is 16.5. The van der Waals surface area contributed by atoms with E-state index < -0.39 is 6.04 Å². The van der Waals surface area contributed by atoms with Crippen LogP contribution in [-0.4, -0.2) is 49.1 Å². The van der Waals surface area contributed by atoms with Crippen LogP contribution < -0.4 is 4.90 Å². The van der Waals surface area contributed by atoms with Crippen molar-refractivity contribution in [2.45, 2.75) is 12.5 Å². The molecule has 0 N–H and O–H groups in total. The Balaban J connectivity index is 1.68. The molecule has 1 unspecified atom stereocenters. The molecule has 1 atom stereocenters. The molecule has 0 radical (unpaired) electrons. The number of amides is 2. The average molecular weight is 336 g/mol. The lowest BCUT2D eigenvalue weighted by Gasteiger charge is -2.32. The van der Waals surface area contributed by atoms with Crippen molar-refractivity contribution in [2.24, 2.45) is 0 Å². The smallest absolute Gasteiger partial charge is 0.259 e. The Hall–Kier alpha value is -2.66. The lowest BCUT2D eigenvalue weighted by Crippen LogP contribution is -2.52. The maximum atomic E-state index is 13.1. The Morgan fingerprint density at radius 1 is 0.920 bits per heavy atom. The summed E-state index contributed by atoms with van der Waals surface area (Å²) < 4.78 is 5.34. The van der Waals surface area contributed by atoms with Crippen molar-refractivity contribution in [3.63, 3.8) is 0 Å². The molecule has 2 aromatic carbocycles. The standard InChI is InChI=1S/C20H20N2O3/c23-19(15-6-2-1-3-7-15)22-17-9-5-4-8-16(17)14-18(22)20(24)21-10-12-25-13-11-21/h1-9,18H,10-14H2. The van der Waals surface area contributed by atoms with Crippen molar-refractivity contribution in [3.05, 3.63) is 65.7 Å². The monoisotopic (exact) mass is 336 g/mol. The van der Waals surface area contributed by atoms with E-state index in [-0.39, 0.29) is 11.8 Å². The minimum absolute atomic E-state index is 0.00350. The molecule has 2 aliphatic rings. The number of morpholine rings is 1. The maximum Gasteiger partial charge on any atom is 0.259 e. The highest BCUT2D eigenvalue weighted by Crippen LogP contribution is 2.34. The molecule has 0 aliphatic carbocycles. The second kappa shape index (κ2) is 6.69. The van der Waals surface area contributed by atoms with E-state index in [1.165, 1.54) is 0 Å². The van der Waals surface area contributed by atoms with Gasteiger partial charge in [-0.05, 0) is 23.8 Å². The molecule has 1 saturated heterocycles. The van der Waals surface area contributed by atoms with Crippen molar-refractivity contribution in [3.8, 4) is 0 Å². The van der Waals surface area contributed by atoms with Gasteiger partial charge in [-0.3, -0.25) is 14.5 Å². The van der Waals surface area contributed by atoms with E-state index in [1.807, 2.05) is 47.4 Å². The van der Waals surface area contributed by atoms with Crippen LogP contribution in [0, 0.1) is 0 Å². The van der Waals surface area contributed by atoms with E-state index >= 15 is 0 Å². The van der Waals surface area contributed by atoms with E-state index in [1.54, 1.807) is 17.0 Å². The Morgan fingerprint density at radius 2 is 1.60 bits per heavy atom. The number of hydrogen-bond donors (Lipinski definition) is 0. The van der Waals surface area contributed by atoms with Crippen LogP contribution in [0.2, 0.25) is 0 Å². The molecule has 5 nitrogen and oxygen atoms in total. The number of hydrogen-bond acceptors (Lipinski definition) is 3. The number of ether oxygens (including phenoxy) is 1. The second-order valence-corrected chi connectivity index (χ2v) is 6.33. The van der Waals surface area contributed by atoms with Crippen LogP contribution in [0.5, 0.6) is 0 Å². The second-order valence-electron chi connectivity index (χ2n) is 6.33. The molecule has 0 saturated carbocycles. The summed E-state index contributed by atoms with van der Waals surface area (Å²) in [6, 6.07) is 16.4. The number of benzene rings is 2. The summed E-state index contributed by atoms with van der Waals surface area (Å²) in [6.07, 6.45) is 0.560. The van der Waals surface area contributed by atoms with Crippen LogP contribution in [0.1, 0.15) is 15.9 Å². The fourth-order valence-electron chi connectivity index (χ4n) is 3.55. The first-order chi connectivity index (χ1) is 12.3. The van der Waals surface area contributed by atoms with E-state index in [0.717, 1.165) is 11.3 Å². The Bertz CT molecular complexity index is 785. The third-order valence-electron chi connectivity index (χ3n) is 4.82. The molecule has 128 valence electrons. The first kappa shape index (κ1) is 15.8. The quantitative estimate of drug-likeness (QED) is 0.844. The van der Waals surface area contributed by atoms with Gasteiger partial charge in [-0.2, -0.15) is 0 Å². The minimum atomic E-state index is -0.483. The number of anilines is 1. The van der Waals surface area contributed by atoms with E-state index in [9.17, 15) is 9.59 Å². The summed E-state index contributed by atoms with van der Waals surface area (Å²) >= 11 is 0. The van der Waals surface area contributed by atoms with E-state index in [4.69, 9.17) is 4.74 Å². The normalized spacial score (nSPS) is 19.6. The fourth-order valence-corrected chi connectivity index (χ4v) is 3.55. The molecule has 1 fully saturated rings. The van der Waals surface area contributed by atoms with Crippen molar-refractivity contribution in [1.82, 2.24) is 4.90 Å². The largest absolute Gasteiger partial charge is 0.378 e. The van der Waals surface area contributed by atoms with Crippen molar-refractivity contribution >= 4 is 17.5 Å². The summed E-state index contributed by atoms with van der Waals surface area (Å²) in [7, 11) is 0. The van der Waals surface area contributed by atoms with Crippen LogP contribution in [0.4, 0.5) is 5.69 Å². The topological polar surface area (TPSA) is 49.9 Å². The Kier molecular flexibility index (Phi) is 4.24. The zero-order valence-corrected chi connectivity index (χ0v) is 13.9. The lowest BCUT2D eigenvalue weighted by molar-refractivity contribution is -0.136. The summed E-state index contributed by atoms with van der Waals surface area (Å²) in [4.78, 5) is 29.7. The molecule has 25 heavy (non-hydrogen) atoms. The van der Waals surface area contributed by atoms with Crippen LogP contribution in [0.3, 0.4) is 0 Å². The van der Waals surface area contributed by atoms with Gasteiger partial charge in [-0.1, -0.05) is 36.4 Å². The van der Waals surface area contributed by atoms with Crippen molar-refractivity contribution in [2.75, 3.05) is 31.2 Å². The van der Waals surface area contributed by atoms with Crippen molar-refractivity contribution < 1.29 is 14.3 Å². The molecule has 4 rings (SSSR count). The summed E-state index contributed by atoms with van der Waals surface area (Å²) in [6.45, 7) is 2.27. The summed E-state index contributed by atoms with van der Waals surface area (Å²) in [5.74, 6) is -0.124. The van der Waals surface area contributed by atoms with Crippen LogP contribution in [0.25, 0.3) is 0 Å². The van der Waals surface area contributed by atoms with Crippen LogP contribution in [0.15, 0.2) is 54.6 Å². The van der Waals surface area contributed by atoms with Crippen LogP contribution in [-0.2, 0) is 16.0 Å². The van der Waals surface area contributed by atoms with E-state index in [2.05, 4.69) is 0 Å². The Labute approximate surface area is 146 Å². The number of nitrogens with zero attached hydrogens (tertiary/aromatic N) is 2. The highest BCUT2D eigenvalue weighted by Gasteiger charge is 2.40. The van der Waals surface area contributed by atoms with Crippen molar-refractivity contribution in [1.29, 1.82) is 0 Å². The molecule has 2 heterocycles. The zero-order chi connectivity index (χ0) is 17.2. The Morgan fingerprint density at radius 3 is 2.36 bits per heavy atom. The third-order valence-corrected chi connectivity index (χ3v) is 4.82. The molecule has 0 spiro atoms. The van der Waals surface area contributed by atoms with Gasteiger partial charge >= 0.3 is 0 Å². The van der Waals surface area contributed by atoms with E-state index in [0.29, 0.717) is 38.3 Å². The van der Waals surface area contributed by atoms with Gasteiger partial charge in [-0.15, -0.1) is 0 Å². The number of rotatable bonds is 2. The van der Waals surface area contributed by atoms with Gasteiger partial charge in [0.25, 0.3) is 5.91 Å². The number of para-hydroxylation sites is 1. The van der Waals surface area contributed by atoms with Gasteiger partial charge in [0.1, 0.15) is 6.04 Å². The fraction of sp³-hybridized carbons (Fsp3) is 0.300. The molecule has 2 aliphatic heterocycles. The third kappa shape index (κ3) is 2.91. The molecular weight excluding hydrogens is 316 g/mol. The highest BCUT2D eigenvalue weighted by molar-refractivity contribution is 6.11. The summed E-state index contributed by atoms with van der Waals surface area (Å²) in [5.41, 5.74) is 2.47. The molecule has 2 amide bonds. The van der Waals surface area contributed by atoms with Crippen LogP contribution >= 0.6 is 0 Å². The zero-order valence-electron chi connectivity index (χ0n) is 13.9. The molecular formula is C20H20N2O3.